The third-order valence-corrected chi connectivity index (χ3v) is 5.22. The fourth-order valence-electron chi connectivity index (χ4n) is 3.56. The quantitative estimate of drug-likeness (QED) is 0.866. The Labute approximate surface area is 137 Å². The first-order valence-corrected chi connectivity index (χ1v) is 8.69. The molecule has 2 aromatic carbocycles. The van der Waals surface area contributed by atoms with Gasteiger partial charge in [0.25, 0.3) is 0 Å². The molecule has 0 aromatic heterocycles. The van der Waals surface area contributed by atoms with Crippen molar-refractivity contribution in [3.05, 3.63) is 50.3 Å². The summed E-state index contributed by atoms with van der Waals surface area (Å²) >= 11 is 0. The van der Waals surface area contributed by atoms with Crippen LogP contribution in [0.1, 0.15) is 57.9 Å². The van der Waals surface area contributed by atoms with E-state index in [1.54, 1.807) is 0 Å². The highest BCUT2D eigenvalue weighted by atomic mass is 16.2. The van der Waals surface area contributed by atoms with E-state index in [1.165, 1.54) is 24.8 Å². The van der Waals surface area contributed by atoms with E-state index in [0.29, 0.717) is 29.1 Å². The van der Waals surface area contributed by atoms with Gasteiger partial charge >= 0.3 is 0 Å². The van der Waals surface area contributed by atoms with Crippen LogP contribution in [0.5, 0.6) is 0 Å². The second kappa shape index (κ2) is 6.31. The molecule has 0 heterocycles. The lowest BCUT2D eigenvalue weighted by Crippen LogP contribution is -2.41. The molecule has 0 amide bonds. The molecule has 1 saturated carbocycles. The lowest BCUT2D eigenvalue weighted by molar-refractivity contribution is 0.349. The molecule has 3 nitrogen and oxygen atoms in total. The van der Waals surface area contributed by atoms with Gasteiger partial charge in [-0.1, -0.05) is 57.9 Å². The predicted octanol–water partition coefficient (Wildman–Crippen LogP) is 4.06. The zero-order valence-corrected chi connectivity index (χ0v) is 14.2. The van der Waals surface area contributed by atoms with E-state index in [4.69, 9.17) is 0 Å². The van der Waals surface area contributed by atoms with E-state index in [2.05, 4.69) is 26.1 Å². The van der Waals surface area contributed by atoms with Gasteiger partial charge in [0, 0.05) is 6.04 Å². The number of benzene rings is 1. The van der Waals surface area contributed by atoms with Crippen molar-refractivity contribution in [1.29, 1.82) is 0 Å². The summed E-state index contributed by atoms with van der Waals surface area (Å²) in [6, 6.07) is 8.32. The summed E-state index contributed by atoms with van der Waals surface area (Å²) in [5, 5.41) is 3.38. The Hall–Kier alpha value is -1.90. The van der Waals surface area contributed by atoms with Crippen LogP contribution in [0.2, 0.25) is 0 Å². The lowest BCUT2D eigenvalue weighted by Gasteiger charge is -2.31. The minimum Gasteiger partial charge on any atom is -0.378 e. The summed E-state index contributed by atoms with van der Waals surface area (Å²) in [6.45, 7) is 6.51. The molecule has 0 saturated heterocycles. The van der Waals surface area contributed by atoms with Gasteiger partial charge in [-0.25, -0.2) is 0 Å². The minimum absolute atomic E-state index is 0.306. The van der Waals surface area contributed by atoms with Gasteiger partial charge in [-0.15, -0.1) is 0 Å². The Kier molecular flexibility index (Phi) is 4.38. The number of anilines is 1. The van der Waals surface area contributed by atoms with Crippen LogP contribution < -0.4 is 16.2 Å². The molecule has 1 N–H and O–H groups in total. The monoisotopic (exact) mass is 311 g/mol. The average molecular weight is 311 g/mol. The van der Waals surface area contributed by atoms with Crippen LogP contribution >= 0.6 is 0 Å². The van der Waals surface area contributed by atoms with Gasteiger partial charge in [-0.3, -0.25) is 9.59 Å². The summed E-state index contributed by atoms with van der Waals surface area (Å²) in [5.74, 6) is 1.00. The summed E-state index contributed by atoms with van der Waals surface area (Å²) in [7, 11) is 0. The van der Waals surface area contributed by atoms with Gasteiger partial charge < -0.3 is 5.32 Å². The molecular formula is C20H25NO2. The van der Waals surface area contributed by atoms with E-state index >= 15 is 0 Å². The van der Waals surface area contributed by atoms with Gasteiger partial charge in [-0.2, -0.15) is 0 Å². The van der Waals surface area contributed by atoms with Crippen molar-refractivity contribution in [3.63, 3.8) is 0 Å². The Morgan fingerprint density at radius 2 is 1.65 bits per heavy atom. The third kappa shape index (κ3) is 2.97. The maximum absolute atomic E-state index is 12.1. The first-order valence-electron chi connectivity index (χ1n) is 8.69. The van der Waals surface area contributed by atoms with E-state index < -0.39 is 0 Å². The molecule has 1 aliphatic rings. The zero-order chi connectivity index (χ0) is 16.6. The predicted molar refractivity (Wildman–Crippen MR) is 95.9 cm³/mol. The highest BCUT2D eigenvalue weighted by Crippen LogP contribution is 2.30. The van der Waals surface area contributed by atoms with Crippen molar-refractivity contribution in [2.45, 2.75) is 58.4 Å². The molecule has 122 valence electrons. The maximum atomic E-state index is 12.1. The standard InChI is InChI=1S/C20H25NO2/c1-12(2)14-8-10-15(11-9-14)17-18(20(23)19(17)22)21-16-7-5-4-6-13(16)3/h8-13,16,21H,4-7H2,1-3H3/t13-,16+/m1/s1. The van der Waals surface area contributed by atoms with Gasteiger partial charge in [0.1, 0.15) is 0 Å². The van der Waals surface area contributed by atoms with Crippen molar-refractivity contribution in [2.75, 3.05) is 5.32 Å². The molecule has 0 spiro atoms. The first kappa shape index (κ1) is 16.0. The van der Waals surface area contributed by atoms with E-state index in [1.807, 2.05) is 24.3 Å². The lowest BCUT2D eigenvalue weighted by atomic mass is 9.85. The van der Waals surface area contributed by atoms with Crippen molar-refractivity contribution >= 4 is 5.69 Å². The first-order chi connectivity index (χ1) is 11.0. The fourth-order valence-corrected chi connectivity index (χ4v) is 3.56. The fraction of sp³-hybridized carbons (Fsp3) is 0.500. The zero-order valence-electron chi connectivity index (χ0n) is 14.2. The van der Waals surface area contributed by atoms with Crippen LogP contribution in [-0.4, -0.2) is 6.04 Å². The van der Waals surface area contributed by atoms with Gasteiger partial charge in [0.2, 0.25) is 10.9 Å². The normalized spacial score (nSPS) is 21.7. The Bertz CT molecular complexity index is 751. The van der Waals surface area contributed by atoms with Crippen LogP contribution in [0.4, 0.5) is 5.69 Å². The van der Waals surface area contributed by atoms with Gasteiger partial charge in [0.15, 0.2) is 0 Å². The largest absolute Gasteiger partial charge is 0.378 e. The third-order valence-electron chi connectivity index (χ3n) is 5.22. The molecule has 0 aliphatic heterocycles. The number of hydrogen-bond donors (Lipinski definition) is 1. The molecule has 0 bridgehead atoms. The van der Waals surface area contributed by atoms with Crippen LogP contribution in [0, 0.1) is 5.92 Å². The van der Waals surface area contributed by atoms with E-state index in [-0.39, 0.29) is 10.9 Å². The molecule has 0 radical (unpaired) electrons. The van der Waals surface area contributed by atoms with Crippen LogP contribution in [-0.2, 0) is 0 Å². The molecule has 2 aromatic rings. The number of rotatable bonds is 4. The summed E-state index contributed by atoms with van der Waals surface area (Å²) in [5.41, 5.74) is 2.49. The van der Waals surface area contributed by atoms with Gasteiger partial charge in [-0.05, 0) is 35.8 Å². The molecule has 23 heavy (non-hydrogen) atoms. The van der Waals surface area contributed by atoms with Crippen molar-refractivity contribution in [1.82, 2.24) is 0 Å². The average Bonchev–Trinajstić information content (AvgIpc) is 2.56. The smallest absolute Gasteiger partial charge is 0.250 e. The minimum atomic E-state index is -0.356. The molecule has 3 rings (SSSR count). The molecule has 3 heteroatoms. The van der Waals surface area contributed by atoms with E-state index in [9.17, 15) is 9.59 Å². The summed E-state index contributed by atoms with van der Waals surface area (Å²) in [4.78, 5) is 24.1. The van der Waals surface area contributed by atoms with Crippen molar-refractivity contribution in [2.24, 2.45) is 5.92 Å². The van der Waals surface area contributed by atoms with E-state index in [0.717, 1.165) is 12.0 Å². The highest BCUT2D eigenvalue weighted by Gasteiger charge is 2.27. The second-order valence-corrected chi connectivity index (χ2v) is 7.20. The molecule has 2 atom stereocenters. The molecule has 0 unspecified atom stereocenters. The number of hydrogen-bond acceptors (Lipinski definition) is 3. The number of nitrogens with one attached hydrogen (secondary N) is 1. The molecule has 1 fully saturated rings. The topological polar surface area (TPSA) is 46.2 Å². The SMILES string of the molecule is CC(C)c1ccc(-c2c(N[C@H]3CCCC[C@H]3C)c(=O)c2=O)cc1. The Morgan fingerprint density at radius 3 is 2.26 bits per heavy atom. The van der Waals surface area contributed by atoms with Crippen LogP contribution in [0.3, 0.4) is 0 Å². The molecule has 1 aliphatic carbocycles. The Balaban J connectivity index is 1.87. The molecular weight excluding hydrogens is 286 g/mol. The van der Waals surface area contributed by atoms with Crippen LogP contribution in [0.25, 0.3) is 11.1 Å². The summed E-state index contributed by atoms with van der Waals surface area (Å²) in [6.07, 6.45) is 4.71. The highest BCUT2D eigenvalue weighted by molar-refractivity contribution is 5.82. The van der Waals surface area contributed by atoms with Crippen molar-refractivity contribution in [3.8, 4) is 11.1 Å². The second-order valence-electron chi connectivity index (χ2n) is 7.20. The Morgan fingerprint density at radius 1 is 1.00 bits per heavy atom. The van der Waals surface area contributed by atoms with Gasteiger partial charge in [0.05, 0.1) is 11.3 Å². The maximum Gasteiger partial charge on any atom is 0.250 e. The van der Waals surface area contributed by atoms with Crippen molar-refractivity contribution < 1.29 is 0 Å². The van der Waals surface area contributed by atoms with Crippen LogP contribution in [0.15, 0.2) is 33.9 Å². The summed E-state index contributed by atoms with van der Waals surface area (Å²) < 4.78 is 0.